The number of methoxy groups -OCH3 is 1. The van der Waals surface area contributed by atoms with Crippen molar-refractivity contribution in [3.8, 4) is 0 Å². The summed E-state index contributed by atoms with van der Waals surface area (Å²) in [6.07, 6.45) is 1.36. The van der Waals surface area contributed by atoms with E-state index in [-0.39, 0.29) is 24.4 Å². The number of ether oxygens (including phenoxy) is 2. The summed E-state index contributed by atoms with van der Waals surface area (Å²) in [7, 11) is 1.63. The lowest BCUT2D eigenvalue weighted by atomic mass is 9.99. The van der Waals surface area contributed by atoms with Gasteiger partial charge in [-0.1, -0.05) is 6.92 Å². The SMILES string of the molecule is CCC1C(=O)NCC(=O)N1CC1(OC)CCOC1. The molecule has 2 heterocycles. The molecule has 2 aliphatic heterocycles. The van der Waals surface area contributed by atoms with E-state index in [1.54, 1.807) is 12.0 Å². The molecule has 2 fully saturated rings. The first kappa shape index (κ1) is 13.3. The second-order valence-electron chi connectivity index (χ2n) is 4.85. The Balaban J connectivity index is 2.13. The normalized spacial score (nSPS) is 32.8. The van der Waals surface area contributed by atoms with Crippen molar-refractivity contribution in [1.82, 2.24) is 10.2 Å². The molecule has 2 atom stereocenters. The van der Waals surface area contributed by atoms with Gasteiger partial charge in [0.1, 0.15) is 11.6 Å². The van der Waals surface area contributed by atoms with Crippen LogP contribution in [0.5, 0.6) is 0 Å². The fourth-order valence-electron chi connectivity index (χ4n) is 2.55. The van der Waals surface area contributed by atoms with Crippen molar-refractivity contribution < 1.29 is 19.1 Å². The van der Waals surface area contributed by atoms with Gasteiger partial charge in [-0.25, -0.2) is 0 Å². The van der Waals surface area contributed by atoms with E-state index in [1.165, 1.54) is 0 Å². The first-order valence-corrected chi connectivity index (χ1v) is 6.32. The Morgan fingerprint density at radius 1 is 1.56 bits per heavy atom. The molecule has 2 rings (SSSR count). The van der Waals surface area contributed by atoms with E-state index < -0.39 is 5.60 Å². The molecular formula is C12H20N2O4. The number of nitrogens with zero attached hydrogens (tertiary/aromatic N) is 1. The number of rotatable bonds is 4. The second kappa shape index (κ2) is 5.24. The van der Waals surface area contributed by atoms with Gasteiger partial charge >= 0.3 is 0 Å². The number of hydrogen-bond acceptors (Lipinski definition) is 4. The first-order valence-electron chi connectivity index (χ1n) is 6.32. The van der Waals surface area contributed by atoms with Crippen LogP contribution in [-0.2, 0) is 19.1 Å². The van der Waals surface area contributed by atoms with Gasteiger partial charge in [-0.2, -0.15) is 0 Å². The predicted octanol–water partition coefficient (Wildman–Crippen LogP) is -0.471. The van der Waals surface area contributed by atoms with Crippen LogP contribution in [0.1, 0.15) is 19.8 Å². The van der Waals surface area contributed by atoms with Crippen molar-refractivity contribution in [3.63, 3.8) is 0 Å². The summed E-state index contributed by atoms with van der Waals surface area (Å²) >= 11 is 0. The zero-order valence-electron chi connectivity index (χ0n) is 10.9. The molecule has 2 amide bonds. The Hall–Kier alpha value is -1.14. The summed E-state index contributed by atoms with van der Waals surface area (Å²) in [6, 6.07) is -0.390. The quantitative estimate of drug-likeness (QED) is 0.738. The van der Waals surface area contributed by atoms with Crippen LogP contribution in [0.25, 0.3) is 0 Å². The largest absolute Gasteiger partial charge is 0.378 e. The van der Waals surface area contributed by atoms with Crippen LogP contribution in [0, 0.1) is 0 Å². The Bertz CT molecular complexity index is 339. The number of carbonyl (C=O) groups excluding carboxylic acids is 2. The van der Waals surface area contributed by atoms with E-state index in [0.29, 0.717) is 26.2 Å². The smallest absolute Gasteiger partial charge is 0.243 e. The maximum absolute atomic E-state index is 12.0. The van der Waals surface area contributed by atoms with Crippen LogP contribution in [0.4, 0.5) is 0 Å². The molecule has 0 saturated carbocycles. The fraction of sp³-hybridized carbons (Fsp3) is 0.833. The summed E-state index contributed by atoms with van der Waals surface area (Å²) in [5.41, 5.74) is -0.458. The van der Waals surface area contributed by atoms with Crippen LogP contribution >= 0.6 is 0 Å². The number of nitrogens with one attached hydrogen (secondary N) is 1. The third-order valence-electron chi connectivity index (χ3n) is 3.76. The van der Waals surface area contributed by atoms with Gasteiger partial charge in [0.25, 0.3) is 0 Å². The van der Waals surface area contributed by atoms with Crippen LogP contribution in [0.2, 0.25) is 0 Å². The highest BCUT2D eigenvalue weighted by Gasteiger charge is 2.42. The van der Waals surface area contributed by atoms with Gasteiger partial charge in [0, 0.05) is 20.1 Å². The maximum Gasteiger partial charge on any atom is 0.243 e. The van der Waals surface area contributed by atoms with Crippen LogP contribution in [-0.4, -0.2) is 61.8 Å². The zero-order chi connectivity index (χ0) is 13.2. The molecule has 0 aromatic rings. The molecule has 2 aliphatic rings. The van der Waals surface area contributed by atoms with Gasteiger partial charge in [0.05, 0.1) is 19.7 Å². The molecule has 0 bridgehead atoms. The van der Waals surface area contributed by atoms with Crippen molar-refractivity contribution >= 4 is 11.8 Å². The number of piperazine rings is 1. The number of amides is 2. The standard InChI is InChI=1S/C12H20N2O4/c1-3-9-11(16)13-6-10(15)14(9)7-12(17-2)4-5-18-8-12/h9H,3-8H2,1-2H3,(H,13,16). The van der Waals surface area contributed by atoms with Crippen LogP contribution in [0.3, 0.4) is 0 Å². The van der Waals surface area contributed by atoms with Gasteiger partial charge in [-0.3, -0.25) is 9.59 Å². The molecule has 2 unspecified atom stereocenters. The van der Waals surface area contributed by atoms with Crippen molar-refractivity contribution in [1.29, 1.82) is 0 Å². The van der Waals surface area contributed by atoms with Crippen molar-refractivity contribution in [2.24, 2.45) is 0 Å². The van der Waals surface area contributed by atoms with E-state index in [0.717, 1.165) is 6.42 Å². The zero-order valence-corrected chi connectivity index (χ0v) is 10.9. The molecule has 0 radical (unpaired) electrons. The van der Waals surface area contributed by atoms with Crippen molar-refractivity contribution in [2.45, 2.75) is 31.4 Å². The third-order valence-corrected chi connectivity index (χ3v) is 3.76. The van der Waals surface area contributed by atoms with Gasteiger partial charge in [0.2, 0.25) is 11.8 Å². The van der Waals surface area contributed by atoms with E-state index in [9.17, 15) is 9.59 Å². The Morgan fingerprint density at radius 2 is 2.33 bits per heavy atom. The Morgan fingerprint density at radius 3 is 2.89 bits per heavy atom. The van der Waals surface area contributed by atoms with Crippen molar-refractivity contribution in [2.75, 3.05) is 33.4 Å². The molecule has 0 aromatic heterocycles. The summed E-state index contributed by atoms with van der Waals surface area (Å²) < 4.78 is 10.9. The summed E-state index contributed by atoms with van der Waals surface area (Å²) in [5.74, 6) is -0.132. The summed E-state index contributed by atoms with van der Waals surface area (Å²) in [6.45, 7) is 3.52. The predicted molar refractivity (Wildman–Crippen MR) is 64.0 cm³/mol. The maximum atomic E-state index is 12.0. The molecule has 102 valence electrons. The Labute approximate surface area is 107 Å². The van der Waals surface area contributed by atoms with E-state index in [1.807, 2.05) is 6.92 Å². The van der Waals surface area contributed by atoms with E-state index >= 15 is 0 Å². The number of hydrogen-bond donors (Lipinski definition) is 1. The lowest BCUT2D eigenvalue weighted by Gasteiger charge is -2.39. The average Bonchev–Trinajstić information content (AvgIpc) is 2.83. The molecular weight excluding hydrogens is 236 g/mol. The molecule has 0 aliphatic carbocycles. The number of carbonyl (C=O) groups is 2. The van der Waals surface area contributed by atoms with Gasteiger partial charge < -0.3 is 19.7 Å². The lowest BCUT2D eigenvalue weighted by Crippen LogP contribution is -2.62. The summed E-state index contributed by atoms with van der Waals surface area (Å²) in [4.78, 5) is 25.4. The average molecular weight is 256 g/mol. The molecule has 0 spiro atoms. The Kier molecular flexibility index (Phi) is 3.87. The second-order valence-corrected chi connectivity index (χ2v) is 4.85. The fourth-order valence-corrected chi connectivity index (χ4v) is 2.55. The molecule has 6 nitrogen and oxygen atoms in total. The van der Waals surface area contributed by atoms with Crippen molar-refractivity contribution in [3.05, 3.63) is 0 Å². The third kappa shape index (κ3) is 2.35. The lowest BCUT2D eigenvalue weighted by molar-refractivity contribution is -0.150. The highest BCUT2D eigenvalue weighted by Crippen LogP contribution is 2.25. The van der Waals surface area contributed by atoms with E-state index in [2.05, 4.69) is 5.32 Å². The van der Waals surface area contributed by atoms with Crippen LogP contribution in [0.15, 0.2) is 0 Å². The highest BCUT2D eigenvalue weighted by molar-refractivity contribution is 5.94. The van der Waals surface area contributed by atoms with Gasteiger partial charge in [-0.05, 0) is 6.42 Å². The van der Waals surface area contributed by atoms with Crippen LogP contribution < -0.4 is 5.32 Å². The molecule has 1 N–H and O–H groups in total. The van der Waals surface area contributed by atoms with Gasteiger partial charge in [-0.15, -0.1) is 0 Å². The molecule has 2 saturated heterocycles. The minimum absolute atomic E-state index is 0.0511. The minimum Gasteiger partial charge on any atom is -0.378 e. The minimum atomic E-state index is -0.458. The molecule has 0 aromatic carbocycles. The first-order chi connectivity index (χ1) is 8.62. The monoisotopic (exact) mass is 256 g/mol. The summed E-state index contributed by atoms with van der Waals surface area (Å²) in [5, 5.41) is 2.62. The molecule has 18 heavy (non-hydrogen) atoms. The molecule has 6 heteroatoms. The highest BCUT2D eigenvalue weighted by atomic mass is 16.5. The van der Waals surface area contributed by atoms with E-state index in [4.69, 9.17) is 9.47 Å². The topological polar surface area (TPSA) is 67.9 Å². The van der Waals surface area contributed by atoms with Gasteiger partial charge in [0.15, 0.2) is 0 Å².